The smallest absolute Gasteiger partial charge is 0.299 e. The summed E-state index contributed by atoms with van der Waals surface area (Å²) < 4.78 is 26.6. The van der Waals surface area contributed by atoms with E-state index in [1.165, 1.54) is 0 Å². The van der Waals surface area contributed by atoms with Crippen LogP contribution in [0.1, 0.15) is 17.8 Å². The Labute approximate surface area is 112 Å². The van der Waals surface area contributed by atoms with E-state index in [4.69, 9.17) is 5.11 Å². The molecular formula is C13H10F2N4O. The third-order valence-corrected chi connectivity index (χ3v) is 2.91. The average Bonchev–Trinajstić information content (AvgIpc) is 2.90. The molecule has 1 N–H and O–H groups in total. The summed E-state index contributed by atoms with van der Waals surface area (Å²) in [6.07, 6.45) is -2.73. The number of benzene rings is 1. The van der Waals surface area contributed by atoms with E-state index in [2.05, 4.69) is 15.3 Å². The van der Waals surface area contributed by atoms with Crippen molar-refractivity contribution in [2.45, 2.75) is 13.0 Å². The molecule has 0 saturated carbocycles. The lowest BCUT2D eigenvalue weighted by molar-refractivity contribution is 0.137. The van der Waals surface area contributed by atoms with E-state index < -0.39 is 12.2 Å². The molecule has 0 bridgehead atoms. The summed E-state index contributed by atoms with van der Waals surface area (Å²) in [5.41, 5.74) is 2.34. The van der Waals surface area contributed by atoms with Gasteiger partial charge in [0.2, 0.25) is 5.82 Å². The number of fused-ring (bicyclic) bond motifs is 1. The van der Waals surface area contributed by atoms with Crippen LogP contribution in [-0.2, 0) is 6.61 Å². The molecule has 2 heterocycles. The first-order valence-electron chi connectivity index (χ1n) is 5.89. The van der Waals surface area contributed by atoms with Crippen LogP contribution in [0.5, 0.6) is 0 Å². The van der Waals surface area contributed by atoms with E-state index in [9.17, 15) is 8.78 Å². The third kappa shape index (κ3) is 2.12. The third-order valence-electron chi connectivity index (χ3n) is 2.91. The lowest BCUT2D eigenvalue weighted by Crippen LogP contribution is -2.00. The molecule has 0 radical (unpaired) electrons. The normalized spacial score (nSPS) is 11.4. The highest BCUT2D eigenvalue weighted by molar-refractivity contribution is 5.60. The zero-order chi connectivity index (χ0) is 14.1. The number of nitrogens with zero attached hydrogens (tertiary/aromatic N) is 4. The highest BCUT2D eigenvalue weighted by Gasteiger charge is 2.17. The number of aliphatic hydroxyl groups excluding tert-OH is 1. The molecule has 5 nitrogen and oxygen atoms in total. The Bertz CT molecular complexity index is 740. The van der Waals surface area contributed by atoms with Gasteiger partial charge in [-0.3, -0.25) is 0 Å². The van der Waals surface area contributed by atoms with E-state index in [0.29, 0.717) is 5.69 Å². The van der Waals surface area contributed by atoms with Gasteiger partial charge in [0.05, 0.1) is 12.3 Å². The van der Waals surface area contributed by atoms with Gasteiger partial charge in [-0.2, -0.15) is 9.61 Å². The lowest BCUT2D eigenvalue weighted by atomic mass is 10.1. The van der Waals surface area contributed by atoms with Crippen LogP contribution in [0.2, 0.25) is 0 Å². The van der Waals surface area contributed by atoms with E-state index in [1.54, 1.807) is 36.4 Å². The fourth-order valence-corrected chi connectivity index (χ4v) is 1.88. The molecule has 0 aliphatic rings. The zero-order valence-electron chi connectivity index (χ0n) is 10.2. The van der Waals surface area contributed by atoms with Crippen molar-refractivity contribution in [1.82, 2.24) is 19.8 Å². The van der Waals surface area contributed by atoms with Crippen LogP contribution in [-0.4, -0.2) is 24.9 Å². The molecule has 20 heavy (non-hydrogen) atoms. The number of halogens is 2. The first kappa shape index (κ1) is 12.6. The molecule has 2 aromatic heterocycles. The maximum Gasteiger partial charge on any atom is 0.299 e. The maximum atomic E-state index is 12.8. The number of aliphatic hydroxyl groups is 1. The van der Waals surface area contributed by atoms with E-state index in [1.807, 2.05) is 0 Å². The van der Waals surface area contributed by atoms with Gasteiger partial charge >= 0.3 is 0 Å². The minimum atomic E-state index is -2.73. The summed E-state index contributed by atoms with van der Waals surface area (Å²) in [4.78, 5) is 0. The molecule has 0 atom stereocenters. The zero-order valence-corrected chi connectivity index (χ0v) is 10.2. The molecule has 7 heteroatoms. The number of hydrogen-bond acceptors (Lipinski definition) is 4. The first-order valence-corrected chi connectivity index (χ1v) is 5.89. The van der Waals surface area contributed by atoms with Gasteiger partial charge in [-0.05, 0) is 17.7 Å². The van der Waals surface area contributed by atoms with Crippen LogP contribution in [0.15, 0.2) is 36.4 Å². The minimum absolute atomic E-state index is 0.0479. The van der Waals surface area contributed by atoms with Gasteiger partial charge in [0.1, 0.15) is 0 Å². The van der Waals surface area contributed by atoms with Gasteiger partial charge in [-0.15, -0.1) is 10.2 Å². The summed E-state index contributed by atoms with van der Waals surface area (Å²) in [7, 11) is 0. The second-order valence-electron chi connectivity index (χ2n) is 4.20. The van der Waals surface area contributed by atoms with Crippen LogP contribution >= 0.6 is 0 Å². The van der Waals surface area contributed by atoms with Gasteiger partial charge in [0.15, 0.2) is 5.65 Å². The summed E-state index contributed by atoms with van der Waals surface area (Å²) in [6, 6.07) is 10.3. The molecule has 102 valence electrons. The molecule has 0 spiro atoms. The molecule has 0 unspecified atom stereocenters. The van der Waals surface area contributed by atoms with Gasteiger partial charge in [0, 0.05) is 5.56 Å². The standard InChI is InChI=1S/C13H10F2N4O/c14-12(15)13-17-16-11-6-5-10(18-19(11)13)9-3-1-8(7-20)2-4-9/h1-6,12,20H,7H2. The summed E-state index contributed by atoms with van der Waals surface area (Å²) in [5.74, 6) is -0.478. The molecule has 1 aromatic carbocycles. The van der Waals surface area contributed by atoms with Gasteiger partial charge in [-0.25, -0.2) is 8.78 Å². The summed E-state index contributed by atoms with van der Waals surface area (Å²) in [6.45, 7) is -0.0479. The Hall–Kier alpha value is -2.41. The Morgan fingerprint density at radius 1 is 1.05 bits per heavy atom. The van der Waals surface area contributed by atoms with Crippen LogP contribution < -0.4 is 0 Å². The first-order chi connectivity index (χ1) is 9.69. The van der Waals surface area contributed by atoms with E-state index >= 15 is 0 Å². The molecule has 3 aromatic rings. The second kappa shape index (κ2) is 4.93. The van der Waals surface area contributed by atoms with Crippen molar-refractivity contribution in [2.24, 2.45) is 0 Å². The van der Waals surface area contributed by atoms with Crippen molar-refractivity contribution in [1.29, 1.82) is 0 Å². The van der Waals surface area contributed by atoms with Crippen molar-refractivity contribution < 1.29 is 13.9 Å². The topological polar surface area (TPSA) is 63.3 Å². The van der Waals surface area contributed by atoms with Crippen LogP contribution in [0.4, 0.5) is 8.78 Å². The minimum Gasteiger partial charge on any atom is -0.392 e. The van der Waals surface area contributed by atoms with Gasteiger partial charge in [0.25, 0.3) is 6.43 Å². The quantitative estimate of drug-likeness (QED) is 0.796. The van der Waals surface area contributed by atoms with Crippen molar-refractivity contribution in [3.05, 3.63) is 47.8 Å². The van der Waals surface area contributed by atoms with Crippen molar-refractivity contribution >= 4 is 5.65 Å². The predicted molar refractivity (Wildman–Crippen MR) is 67.1 cm³/mol. The molecule has 0 saturated heterocycles. The van der Waals surface area contributed by atoms with E-state index in [-0.39, 0.29) is 12.3 Å². The Balaban J connectivity index is 2.08. The number of hydrogen-bond donors (Lipinski definition) is 1. The molecule has 0 fully saturated rings. The van der Waals surface area contributed by atoms with Gasteiger partial charge in [-0.1, -0.05) is 24.3 Å². The molecule has 3 rings (SSSR count). The van der Waals surface area contributed by atoms with E-state index in [0.717, 1.165) is 15.6 Å². The van der Waals surface area contributed by atoms with Crippen molar-refractivity contribution in [3.8, 4) is 11.3 Å². The monoisotopic (exact) mass is 276 g/mol. The summed E-state index contributed by atoms with van der Waals surface area (Å²) in [5, 5.41) is 20.2. The highest BCUT2D eigenvalue weighted by Crippen LogP contribution is 2.21. The van der Waals surface area contributed by atoms with Gasteiger partial charge < -0.3 is 5.11 Å². The molecule has 0 aliphatic carbocycles. The largest absolute Gasteiger partial charge is 0.392 e. The molecule has 0 amide bonds. The number of rotatable bonds is 3. The average molecular weight is 276 g/mol. The predicted octanol–water partition coefficient (Wildman–Crippen LogP) is 2.22. The number of aromatic nitrogens is 4. The fourth-order valence-electron chi connectivity index (χ4n) is 1.88. The SMILES string of the molecule is OCc1ccc(-c2ccc3nnc(C(F)F)n3n2)cc1. The second-order valence-corrected chi connectivity index (χ2v) is 4.20. The molecular weight excluding hydrogens is 266 g/mol. The Morgan fingerprint density at radius 2 is 1.80 bits per heavy atom. The highest BCUT2D eigenvalue weighted by atomic mass is 19.3. The maximum absolute atomic E-state index is 12.8. The Kier molecular flexibility index (Phi) is 3.11. The fraction of sp³-hybridized carbons (Fsp3) is 0.154. The molecule has 0 aliphatic heterocycles. The van der Waals surface area contributed by atoms with Crippen molar-refractivity contribution in [3.63, 3.8) is 0 Å². The van der Waals surface area contributed by atoms with Crippen molar-refractivity contribution in [2.75, 3.05) is 0 Å². The summed E-state index contributed by atoms with van der Waals surface area (Å²) >= 11 is 0. The van der Waals surface area contributed by atoms with Crippen LogP contribution in [0.3, 0.4) is 0 Å². The van der Waals surface area contributed by atoms with Crippen LogP contribution in [0.25, 0.3) is 16.9 Å². The Morgan fingerprint density at radius 3 is 2.45 bits per heavy atom. The number of alkyl halides is 2. The van der Waals surface area contributed by atoms with Crippen LogP contribution in [0, 0.1) is 0 Å². The lowest BCUT2D eigenvalue weighted by Gasteiger charge is -2.03.